The van der Waals surface area contributed by atoms with Gasteiger partial charge in [-0.25, -0.2) is 4.79 Å². The van der Waals surface area contributed by atoms with Crippen LogP contribution in [0.25, 0.3) is 0 Å². The van der Waals surface area contributed by atoms with Crippen molar-refractivity contribution in [3.8, 4) is 0 Å². The molecule has 0 saturated carbocycles. The number of hydrogen-bond donors (Lipinski definition) is 2. The fourth-order valence-corrected chi connectivity index (χ4v) is 1.67. The second kappa shape index (κ2) is 6.07. The molecule has 7 nitrogen and oxygen atoms in total. The van der Waals surface area contributed by atoms with E-state index in [1.54, 1.807) is 12.1 Å². The number of nitro groups is 1. The Kier molecular flexibility index (Phi) is 4.21. The molecule has 0 aliphatic heterocycles. The van der Waals surface area contributed by atoms with Crippen LogP contribution in [0.4, 0.5) is 16.2 Å². The van der Waals surface area contributed by atoms with Crippen molar-refractivity contribution >= 4 is 29.0 Å². The van der Waals surface area contributed by atoms with Gasteiger partial charge in [0, 0.05) is 11.8 Å². The Morgan fingerprint density at radius 2 is 2.20 bits per heavy atom. The number of nitro benzene ring substituents is 1. The molecule has 0 bridgehead atoms. The van der Waals surface area contributed by atoms with Gasteiger partial charge in [-0.15, -0.1) is 0 Å². The van der Waals surface area contributed by atoms with E-state index in [-0.39, 0.29) is 22.9 Å². The molecule has 2 N–H and O–H groups in total. The zero-order valence-electron chi connectivity index (χ0n) is 10.1. The number of nitrogens with one attached hydrogen (secondary N) is 2. The first-order chi connectivity index (χ1) is 9.56. The van der Waals surface area contributed by atoms with Crippen LogP contribution in [0, 0.1) is 10.1 Å². The third kappa shape index (κ3) is 3.48. The summed E-state index contributed by atoms with van der Waals surface area (Å²) in [4.78, 5) is 21.7. The molecule has 1 aromatic carbocycles. The molecule has 2 aromatic rings. The van der Waals surface area contributed by atoms with E-state index in [9.17, 15) is 14.9 Å². The van der Waals surface area contributed by atoms with E-state index in [1.807, 2.05) is 0 Å². The van der Waals surface area contributed by atoms with Crippen LogP contribution in [0.2, 0.25) is 5.02 Å². The minimum Gasteiger partial charge on any atom is -0.467 e. The summed E-state index contributed by atoms with van der Waals surface area (Å²) in [6, 6.07) is 6.93. The third-order valence-corrected chi connectivity index (χ3v) is 2.72. The minimum atomic E-state index is -0.617. The summed E-state index contributed by atoms with van der Waals surface area (Å²) in [5.41, 5.74) is 0.00791. The lowest BCUT2D eigenvalue weighted by Gasteiger charge is -2.06. The molecule has 0 radical (unpaired) electrons. The van der Waals surface area contributed by atoms with Gasteiger partial charge in [0.25, 0.3) is 5.69 Å². The van der Waals surface area contributed by atoms with Crippen LogP contribution in [-0.2, 0) is 6.54 Å². The van der Waals surface area contributed by atoms with E-state index in [2.05, 4.69) is 10.6 Å². The Balaban J connectivity index is 1.97. The number of nitrogens with zero attached hydrogens (tertiary/aromatic N) is 1. The molecule has 0 aliphatic carbocycles. The molecule has 0 aliphatic rings. The van der Waals surface area contributed by atoms with E-state index < -0.39 is 11.0 Å². The van der Waals surface area contributed by atoms with Crippen LogP contribution in [-0.4, -0.2) is 11.0 Å². The van der Waals surface area contributed by atoms with Crippen LogP contribution in [0.1, 0.15) is 5.76 Å². The molecular weight excluding hydrogens is 286 g/mol. The number of carbonyl (C=O) groups is 1. The number of furan rings is 1. The van der Waals surface area contributed by atoms with E-state index in [0.29, 0.717) is 5.76 Å². The SMILES string of the molecule is O=C(NCc1ccco1)Nc1ccc(Cl)c([N+](=O)[O-])c1. The summed E-state index contributed by atoms with van der Waals surface area (Å²) in [5.74, 6) is 0.599. The molecule has 0 spiro atoms. The van der Waals surface area contributed by atoms with Crippen molar-refractivity contribution in [2.24, 2.45) is 0 Å². The van der Waals surface area contributed by atoms with Gasteiger partial charge < -0.3 is 15.1 Å². The van der Waals surface area contributed by atoms with Crippen LogP contribution in [0.15, 0.2) is 41.0 Å². The molecule has 20 heavy (non-hydrogen) atoms. The second-order valence-corrected chi connectivity index (χ2v) is 4.22. The summed E-state index contributed by atoms with van der Waals surface area (Å²) in [6.45, 7) is 0.217. The first-order valence-electron chi connectivity index (χ1n) is 5.57. The van der Waals surface area contributed by atoms with Gasteiger partial charge >= 0.3 is 6.03 Å². The monoisotopic (exact) mass is 295 g/mol. The first-order valence-corrected chi connectivity index (χ1v) is 5.95. The number of amides is 2. The second-order valence-electron chi connectivity index (χ2n) is 3.81. The Morgan fingerprint density at radius 1 is 1.40 bits per heavy atom. The molecule has 2 amide bonds. The topological polar surface area (TPSA) is 97.4 Å². The van der Waals surface area contributed by atoms with Gasteiger partial charge in [0.05, 0.1) is 17.7 Å². The summed E-state index contributed by atoms with van der Waals surface area (Å²) >= 11 is 5.67. The highest BCUT2D eigenvalue weighted by Crippen LogP contribution is 2.27. The summed E-state index contributed by atoms with van der Waals surface area (Å²) in [5, 5.41) is 15.8. The number of urea groups is 1. The maximum atomic E-state index is 11.6. The molecular formula is C12H10ClN3O4. The van der Waals surface area contributed by atoms with Gasteiger partial charge in [-0.1, -0.05) is 11.6 Å². The predicted octanol–water partition coefficient (Wildman–Crippen LogP) is 3.16. The summed E-state index contributed by atoms with van der Waals surface area (Å²) in [7, 11) is 0. The van der Waals surface area contributed by atoms with Crippen molar-refractivity contribution < 1.29 is 14.1 Å². The van der Waals surface area contributed by atoms with Gasteiger partial charge in [0.1, 0.15) is 10.8 Å². The lowest BCUT2D eigenvalue weighted by atomic mass is 10.3. The van der Waals surface area contributed by atoms with Crippen molar-refractivity contribution in [2.75, 3.05) is 5.32 Å². The number of halogens is 1. The van der Waals surface area contributed by atoms with Gasteiger partial charge in [0.2, 0.25) is 0 Å². The molecule has 0 saturated heterocycles. The highest BCUT2D eigenvalue weighted by molar-refractivity contribution is 6.32. The van der Waals surface area contributed by atoms with E-state index in [0.717, 1.165) is 0 Å². The van der Waals surface area contributed by atoms with Crippen LogP contribution in [0.5, 0.6) is 0 Å². The van der Waals surface area contributed by atoms with Crippen LogP contribution in [0.3, 0.4) is 0 Å². The number of benzene rings is 1. The standard InChI is InChI=1S/C12H10ClN3O4/c13-10-4-3-8(6-11(10)16(18)19)15-12(17)14-7-9-2-1-5-20-9/h1-6H,7H2,(H2,14,15,17). The zero-order chi connectivity index (χ0) is 14.5. The number of carbonyl (C=O) groups excluding carboxylic acids is 1. The van der Waals surface area contributed by atoms with Crippen molar-refractivity contribution in [3.63, 3.8) is 0 Å². The lowest BCUT2D eigenvalue weighted by Crippen LogP contribution is -2.28. The van der Waals surface area contributed by atoms with Gasteiger partial charge in [0.15, 0.2) is 0 Å². The summed E-state index contributed by atoms with van der Waals surface area (Å²) < 4.78 is 5.05. The fourth-order valence-electron chi connectivity index (χ4n) is 1.49. The van der Waals surface area contributed by atoms with Gasteiger partial charge in [-0.3, -0.25) is 10.1 Å². The first kappa shape index (κ1) is 13.9. The van der Waals surface area contributed by atoms with Crippen molar-refractivity contribution in [1.82, 2.24) is 5.32 Å². The van der Waals surface area contributed by atoms with E-state index in [4.69, 9.17) is 16.0 Å². The molecule has 0 fully saturated rings. The normalized spacial score (nSPS) is 10.1. The molecule has 104 valence electrons. The highest BCUT2D eigenvalue weighted by Gasteiger charge is 2.13. The number of rotatable bonds is 4. The Labute approximate surface area is 118 Å². The maximum Gasteiger partial charge on any atom is 0.319 e. The summed E-state index contributed by atoms with van der Waals surface area (Å²) in [6.07, 6.45) is 1.50. The van der Waals surface area contributed by atoms with Crippen molar-refractivity contribution in [2.45, 2.75) is 6.54 Å². The lowest BCUT2D eigenvalue weighted by molar-refractivity contribution is -0.384. The Morgan fingerprint density at radius 3 is 2.85 bits per heavy atom. The maximum absolute atomic E-state index is 11.6. The Bertz CT molecular complexity index is 628. The minimum absolute atomic E-state index is 0.0107. The third-order valence-electron chi connectivity index (χ3n) is 2.40. The zero-order valence-corrected chi connectivity index (χ0v) is 10.9. The van der Waals surface area contributed by atoms with Crippen molar-refractivity contribution in [1.29, 1.82) is 0 Å². The van der Waals surface area contributed by atoms with Crippen molar-refractivity contribution in [3.05, 3.63) is 57.5 Å². The molecule has 8 heteroatoms. The quantitative estimate of drug-likeness (QED) is 0.668. The average molecular weight is 296 g/mol. The smallest absolute Gasteiger partial charge is 0.319 e. The molecule has 0 unspecified atom stereocenters. The van der Waals surface area contributed by atoms with Gasteiger partial charge in [-0.05, 0) is 24.3 Å². The average Bonchev–Trinajstić information content (AvgIpc) is 2.91. The highest BCUT2D eigenvalue weighted by atomic mass is 35.5. The molecule has 0 atom stereocenters. The van der Waals surface area contributed by atoms with E-state index >= 15 is 0 Å². The Hall–Kier alpha value is -2.54. The molecule has 2 rings (SSSR count). The van der Waals surface area contributed by atoms with E-state index in [1.165, 1.54) is 24.5 Å². The van der Waals surface area contributed by atoms with Crippen LogP contribution < -0.4 is 10.6 Å². The largest absolute Gasteiger partial charge is 0.467 e. The van der Waals surface area contributed by atoms with Crippen LogP contribution >= 0.6 is 11.6 Å². The number of anilines is 1. The van der Waals surface area contributed by atoms with Gasteiger partial charge in [-0.2, -0.15) is 0 Å². The number of hydrogen-bond acceptors (Lipinski definition) is 4. The molecule has 1 heterocycles. The predicted molar refractivity (Wildman–Crippen MR) is 72.7 cm³/mol. The molecule has 1 aromatic heterocycles. The fraction of sp³-hybridized carbons (Fsp3) is 0.0833.